The highest BCUT2D eigenvalue weighted by molar-refractivity contribution is 5.85. The van der Waals surface area contributed by atoms with Gasteiger partial charge in [-0.3, -0.25) is 0 Å². The smallest absolute Gasteiger partial charge is 0.341 e. The van der Waals surface area contributed by atoms with Crippen LogP contribution in [-0.2, 0) is 14.3 Å². The molecule has 2 atom stereocenters. The molecule has 1 heterocycles. The summed E-state index contributed by atoms with van der Waals surface area (Å²) < 4.78 is 11.0. The van der Waals surface area contributed by atoms with Crippen LogP contribution in [0.25, 0.3) is 0 Å². The number of rotatable bonds is 3. The van der Waals surface area contributed by atoms with Gasteiger partial charge >= 0.3 is 5.97 Å². The number of epoxide rings is 1. The van der Waals surface area contributed by atoms with Gasteiger partial charge in [0.05, 0.1) is 6.61 Å². The van der Waals surface area contributed by atoms with Gasteiger partial charge < -0.3 is 9.47 Å². The average molecular weight is 226 g/mol. The molecule has 0 aromatic heterocycles. The molecule has 1 saturated carbocycles. The SMILES string of the molecule is CCOC(=O)C1(CC)OC12CCC(C)(C)C2. The van der Waals surface area contributed by atoms with Gasteiger partial charge in [0, 0.05) is 0 Å². The Labute approximate surface area is 97.5 Å². The van der Waals surface area contributed by atoms with Gasteiger partial charge in [-0.2, -0.15) is 0 Å². The fourth-order valence-electron chi connectivity index (χ4n) is 3.24. The van der Waals surface area contributed by atoms with Gasteiger partial charge in [0.15, 0.2) is 5.60 Å². The highest BCUT2D eigenvalue weighted by atomic mass is 16.7. The molecule has 3 nitrogen and oxygen atoms in total. The molecule has 92 valence electrons. The van der Waals surface area contributed by atoms with E-state index < -0.39 is 5.60 Å². The van der Waals surface area contributed by atoms with E-state index in [1.165, 1.54) is 0 Å². The molecule has 0 bridgehead atoms. The summed E-state index contributed by atoms with van der Waals surface area (Å²) in [5.74, 6) is -0.157. The van der Waals surface area contributed by atoms with Crippen LogP contribution in [0.1, 0.15) is 53.4 Å². The van der Waals surface area contributed by atoms with E-state index >= 15 is 0 Å². The molecule has 2 fully saturated rings. The summed E-state index contributed by atoms with van der Waals surface area (Å²) in [6, 6.07) is 0. The molecule has 16 heavy (non-hydrogen) atoms. The summed E-state index contributed by atoms with van der Waals surface area (Å²) in [5, 5.41) is 0. The summed E-state index contributed by atoms with van der Waals surface area (Å²) in [6.45, 7) is 8.78. The van der Waals surface area contributed by atoms with E-state index in [0.717, 1.165) is 25.7 Å². The predicted octanol–water partition coefficient (Wildman–Crippen LogP) is 2.68. The standard InChI is InChI=1S/C13H22O3/c1-5-13(10(14)15-6-2)12(16-13)8-7-11(3,4)9-12/h5-9H2,1-4H3. The topological polar surface area (TPSA) is 38.8 Å². The fraction of sp³-hybridized carbons (Fsp3) is 0.923. The van der Waals surface area contributed by atoms with Crippen molar-refractivity contribution in [2.45, 2.75) is 64.6 Å². The summed E-state index contributed by atoms with van der Waals surface area (Å²) in [7, 11) is 0. The van der Waals surface area contributed by atoms with Crippen molar-refractivity contribution in [2.75, 3.05) is 6.61 Å². The highest BCUT2D eigenvalue weighted by Gasteiger charge is 2.76. The van der Waals surface area contributed by atoms with E-state index in [1.54, 1.807) is 0 Å². The molecule has 0 N–H and O–H groups in total. The molecule has 2 unspecified atom stereocenters. The quantitative estimate of drug-likeness (QED) is 0.548. The Morgan fingerprint density at radius 1 is 1.31 bits per heavy atom. The Hall–Kier alpha value is -0.570. The predicted molar refractivity (Wildman–Crippen MR) is 61.1 cm³/mol. The summed E-state index contributed by atoms with van der Waals surface area (Å²) in [6.07, 6.45) is 3.83. The molecule has 0 amide bonds. The maximum atomic E-state index is 12.0. The molecule has 0 aromatic rings. The van der Waals surface area contributed by atoms with Crippen LogP contribution < -0.4 is 0 Å². The lowest BCUT2D eigenvalue weighted by atomic mass is 9.84. The zero-order valence-corrected chi connectivity index (χ0v) is 10.8. The van der Waals surface area contributed by atoms with Gasteiger partial charge in [0.25, 0.3) is 0 Å². The molecule has 2 aliphatic rings. The largest absolute Gasteiger partial charge is 0.464 e. The molecule has 1 aliphatic carbocycles. The van der Waals surface area contributed by atoms with Crippen LogP contribution in [0, 0.1) is 5.41 Å². The van der Waals surface area contributed by atoms with Crippen molar-refractivity contribution < 1.29 is 14.3 Å². The number of hydrogen-bond acceptors (Lipinski definition) is 3. The van der Waals surface area contributed by atoms with E-state index in [2.05, 4.69) is 13.8 Å². The minimum Gasteiger partial charge on any atom is -0.464 e. The van der Waals surface area contributed by atoms with Crippen LogP contribution in [-0.4, -0.2) is 23.8 Å². The Kier molecular flexibility index (Phi) is 2.57. The maximum absolute atomic E-state index is 12.0. The van der Waals surface area contributed by atoms with Crippen LogP contribution in [0.4, 0.5) is 0 Å². The van der Waals surface area contributed by atoms with Crippen molar-refractivity contribution in [1.29, 1.82) is 0 Å². The zero-order valence-electron chi connectivity index (χ0n) is 10.8. The van der Waals surface area contributed by atoms with Crippen molar-refractivity contribution in [3.63, 3.8) is 0 Å². The number of esters is 1. The molecule has 1 spiro atoms. The normalized spacial score (nSPS) is 40.0. The van der Waals surface area contributed by atoms with Gasteiger partial charge in [-0.25, -0.2) is 4.79 Å². The first-order valence-corrected chi connectivity index (χ1v) is 6.29. The van der Waals surface area contributed by atoms with E-state index in [0.29, 0.717) is 12.0 Å². The summed E-state index contributed by atoms with van der Waals surface area (Å²) >= 11 is 0. The molecule has 1 aliphatic heterocycles. The third-order valence-electron chi connectivity index (χ3n) is 4.14. The third-order valence-corrected chi connectivity index (χ3v) is 4.14. The zero-order chi connectivity index (χ0) is 12.0. The minimum absolute atomic E-state index is 0.157. The Morgan fingerprint density at radius 3 is 2.44 bits per heavy atom. The fourth-order valence-corrected chi connectivity index (χ4v) is 3.24. The monoisotopic (exact) mass is 226 g/mol. The molecular formula is C13H22O3. The van der Waals surface area contributed by atoms with E-state index in [-0.39, 0.29) is 11.6 Å². The van der Waals surface area contributed by atoms with Gasteiger partial charge in [-0.05, 0) is 38.0 Å². The lowest BCUT2D eigenvalue weighted by Crippen LogP contribution is -2.34. The second-order valence-electron chi connectivity index (χ2n) is 5.84. The third kappa shape index (κ3) is 1.48. The lowest BCUT2D eigenvalue weighted by molar-refractivity contribution is -0.149. The van der Waals surface area contributed by atoms with Crippen molar-refractivity contribution in [1.82, 2.24) is 0 Å². The van der Waals surface area contributed by atoms with Crippen LogP contribution in [0.3, 0.4) is 0 Å². The first kappa shape index (κ1) is 11.9. The molecular weight excluding hydrogens is 204 g/mol. The van der Waals surface area contributed by atoms with Gasteiger partial charge in [0.2, 0.25) is 0 Å². The van der Waals surface area contributed by atoms with Gasteiger partial charge in [-0.15, -0.1) is 0 Å². The van der Waals surface area contributed by atoms with Crippen LogP contribution in [0.15, 0.2) is 0 Å². The van der Waals surface area contributed by atoms with Crippen LogP contribution in [0.2, 0.25) is 0 Å². The molecule has 1 saturated heterocycles. The molecule has 2 rings (SSSR count). The van der Waals surface area contributed by atoms with Gasteiger partial charge in [0.1, 0.15) is 5.60 Å². The van der Waals surface area contributed by atoms with Gasteiger partial charge in [-0.1, -0.05) is 20.8 Å². The lowest BCUT2D eigenvalue weighted by Gasteiger charge is -2.17. The van der Waals surface area contributed by atoms with Crippen molar-refractivity contribution >= 4 is 5.97 Å². The Morgan fingerprint density at radius 2 is 2.00 bits per heavy atom. The first-order chi connectivity index (χ1) is 7.41. The van der Waals surface area contributed by atoms with Crippen molar-refractivity contribution in [3.05, 3.63) is 0 Å². The highest BCUT2D eigenvalue weighted by Crippen LogP contribution is 2.64. The summed E-state index contributed by atoms with van der Waals surface area (Å²) in [5.41, 5.74) is -0.544. The van der Waals surface area contributed by atoms with Crippen LogP contribution >= 0.6 is 0 Å². The van der Waals surface area contributed by atoms with E-state index in [1.807, 2.05) is 13.8 Å². The number of ether oxygens (including phenoxy) is 2. The van der Waals surface area contributed by atoms with E-state index in [9.17, 15) is 4.79 Å². The Bertz CT molecular complexity index is 310. The Balaban J connectivity index is 2.14. The van der Waals surface area contributed by atoms with Crippen molar-refractivity contribution in [2.24, 2.45) is 5.41 Å². The van der Waals surface area contributed by atoms with Crippen molar-refractivity contribution in [3.8, 4) is 0 Å². The minimum atomic E-state index is -0.628. The molecule has 0 radical (unpaired) electrons. The average Bonchev–Trinajstić information content (AvgIpc) is 2.73. The summed E-state index contributed by atoms with van der Waals surface area (Å²) in [4.78, 5) is 12.0. The van der Waals surface area contributed by atoms with Crippen LogP contribution in [0.5, 0.6) is 0 Å². The second kappa shape index (κ2) is 3.46. The first-order valence-electron chi connectivity index (χ1n) is 6.29. The number of hydrogen-bond donors (Lipinski definition) is 0. The number of carbonyl (C=O) groups excluding carboxylic acids is 1. The second-order valence-corrected chi connectivity index (χ2v) is 5.84. The molecule has 0 aromatic carbocycles. The molecule has 3 heteroatoms. The number of carbonyl (C=O) groups is 1. The van der Waals surface area contributed by atoms with E-state index in [4.69, 9.17) is 9.47 Å². The maximum Gasteiger partial charge on any atom is 0.341 e.